The second kappa shape index (κ2) is 20.6. The number of rotatable bonds is 7. The van der Waals surface area contributed by atoms with E-state index in [1.807, 2.05) is 57.2 Å². The first-order valence-corrected chi connectivity index (χ1v) is 9.77. The summed E-state index contributed by atoms with van der Waals surface area (Å²) in [4.78, 5) is 19.5. The Morgan fingerprint density at radius 2 is 1.72 bits per heavy atom. The van der Waals surface area contributed by atoms with Crippen molar-refractivity contribution in [3.05, 3.63) is 54.2 Å². The number of terminal acetylenes is 1. The molecule has 0 atom stereocenters. The summed E-state index contributed by atoms with van der Waals surface area (Å²) >= 11 is 0. The van der Waals surface area contributed by atoms with Crippen molar-refractivity contribution in [1.82, 2.24) is 10.3 Å². The van der Waals surface area contributed by atoms with E-state index in [9.17, 15) is 13.6 Å². The molecule has 0 aliphatic heterocycles. The van der Waals surface area contributed by atoms with Crippen molar-refractivity contribution in [2.45, 2.75) is 27.4 Å². The van der Waals surface area contributed by atoms with Gasteiger partial charge in [0.25, 0.3) is 0 Å². The number of aromatic nitrogens is 1. The topological polar surface area (TPSA) is 128 Å². The highest BCUT2D eigenvalue weighted by molar-refractivity contribution is 6.02. The van der Waals surface area contributed by atoms with Gasteiger partial charge in [-0.15, -0.1) is 12.8 Å². The fourth-order valence-corrected chi connectivity index (χ4v) is 1.87. The number of aliphatic imine (C=N–C) groups is 1. The number of hydrogen-bond acceptors (Lipinski definition) is 5. The maximum atomic E-state index is 11.7. The van der Waals surface area contributed by atoms with E-state index >= 15 is 0 Å². The Hall–Kier alpha value is -3.71. The molecule has 32 heavy (non-hydrogen) atoms. The van der Waals surface area contributed by atoms with Gasteiger partial charge in [0.1, 0.15) is 11.7 Å². The van der Waals surface area contributed by atoms with Gasteiger partial charge in [-0.2, -0.15) is 8.78 Å². The van der Waals surface area contributed by atoms with E-state index in [0.717, 1.165) is 0 Å². The van der Waals surface area contributed by atoms with Crippen LogP contribution in [-0.4, -0.2) is 43.2 Å². The van der Waals surface area contributed by atoms with Crippen molar-refractivity contribution in [2.24, 2.45) is 10.7 Å². The highest BCUT2D eigenvalue weighted by Gasteiger charge is 2.08. The van der Waals surface area contributed by atoms with Crippen LogP contribution >= 0.6 is 0 Å². The molecule has 176 valence electrons. The van der Waals surface area contributed by atoms with Gasteiger partial charge < -0.3 is 21.5 Å². The van der Waals surface area contributed by atoms with Crippen LogP contribution in [0.5, 0.6) is 0 Å². The minimum Gasteiger partial charge on any atom is -0.398 e. The van der Waals surface area contributed by atoms with Gasteiger partial charge in [0, 0.05) is 31.0 Å². The van der Waals surface area contributed by atoms with Crippen molar-refractivity contribution < 1.29 is 18.3 Å². The maximum Gasteiger partial charge on any atom is 0.345 e. The molecule has 0 saturated heterocycles. The molecule has 2 amide bonds. The van der Waals surface area contributed by atoms with Gasteiger partial charge in [0.05, 0.1) is 12.2 Å². The lowest BCUT2D eigenvalue weighted by molar-refractivity contribution is -0.126. The summed E-state index contributed by atoms with van der Waals surface area (Å²) in [6, 6.07) is 12.8. The molecular formula is C22H32F2N6O2. The summed E-state index contributed by atoms with van der Waals surface area (Å²) in [5, 5.41) is 4.73. The average molecular weight is 451 g/mol. The van der Waals surface area contributed by atoms with Gasteiger partial charge in [0.15, 0.2) is 0 Å². The lowest BCUT2D eigenvalue weighted by atomic mass is 10.2. The van der Waals surface area contributed by atoms with Gasteiger partial charge in [-0.25, -0.2) is 9.78 Å². The first kappa shape index (κ1) is 30.5. The summed E-state index contributed by atoms with van der Waals surface area (Å²) < 4.78 is 27.4. The zero-order chi connectivity index (χ0) is 24.8. The number of anilines is 2. The van der Waals surface area contributed by atoms with Crippen LogP contribution in [0.25, 0.3) is 0 Å². The number of nitrogens with zero attached hydrogens (tertiary/aromatic N) is 2. The number of amides is 2. The van der Waals surface area contributed by atoms with E-state index in [0.29, 0.717) is 17.8 Å². The predicted molar refractivity (Wildman–Crippen MR) is 127 cm³/mol. The Morgan fingerprint density at radius 3 is 2.16 bits per heavy atom. The van der Waals surface area contributed by atoms with E-state index in [1.54, 1.807) is 0 Å². The van der Waals surface area contributed by atoms with E-state index in [1.165, 1.54) is 12.3 Å². The smallest absolute Gasteiger partial charge is 0.345 e. The van der Waals surface area contributed by atoms with Crippen LogP contribution in [0, 0.1) is 12.8 Å². The summed E-state index contributed by atoms with van der Waals surface area (Å²) in [5.41, 5.74) is 12.3. The molecule has 0 fully saturated rings. The Kier molecular flexibility index (Phi) is 19.6. The first-order valence-electron chi connectivity index (χ1n) is 9.77. The van der Waals surface area contributed by atoms with Crippen LogP contribution in [0.15, 0.2) is 53.7 Å². The molecule has 0 bridgehead atoms. The van der Waals surface area contributed by atoms with Crippen molar-refractivity contribution in [2.75, 3.05) is 30.7 Å². The van der Waals surface area contributed by atoms with Crippen molar-refractivity contribution >= 4 is 23.4 Å². The molecule has 1 heterocycles. The number of urea groups is 1. The van der Waals surface area contributed by atoms with Crippen LogP contribution < -0.4 is 22.1 Å². The Bertz CT molecular complexity index is 760. The van der Waals surface area contributed by atoms with Gasteiger partial charge in [-0.3, -0.25) is 10.3 Å². The normalized spacial score (nSPS) is 9.69. The predicted octanol–water partition coefficient (Wildman–Crippen LogP) is 3.71. The average Bonchev–Trinajstić information content (AvgIpc) is 2.81. The molecule has 1 aromatic heterocycles. The molecule has 2 aromatic rings. The van der Waals surface area contributed by atoms with Crippen molar-refractivity contribution in [3.63, 3.8) is 0 Å². The van der Waals surface area contributed by atoms with E-state index in [-0.39, 0.29) is 24.8 Å². The number of pyridine rings is 1. The van der Waals surface area contributed by atoms with Gasteiger partial charge in [0.2, 0.25) is 0 Å². The number of benzene rings is 1. The minimum absolute atomic E-state index is 0.0696. The quantitative estimate of drug-likeness (QED) is 0.221. The lowest BCUT2D eigenvalue weighted by Crippen LogP contribution is -2.32. The number of nitrogens with two attached hydrogens (primary N) is 2. The third-order valence-corrected chi connectivity index (χ3v) is 3.08. The second-order valence-corrected chi connectivity index (χ2v) is 5.18. The molecule has 8 nitrogen and oxygen atoms in total. The van der Waals surface area contributed by atoms with Gasteiger partial charge in [-0.1, -0.05) is 50.2 Å². The molecule has 0 spiro atoms. The summed E-state index contributed by atoms with van der Waals surface area (Å²) in [7, 11) is 0. The molecule has 0 saturated carbocycles. The second-order valence-electron chi connectivity index (χ2n) is 5.18. The fraction of sp³-hybridized carbons (Fsp3) is 0.318. The summed E-state index contributed by atoms with van der Waals surface area (Å²) in [6.45, 7) is 3.10. The molecule has 6 N–H and O–H groups in total. The molecule has 10 heteroatoms. The zero-order valence-electron chi connectivity index (χ0n) is 18.6. The lowest BCUT2D eigenvalue weighted by Gasteiger charge is -2.09. The maximum absolute atomic E-state index is 11.7. The summed E-state index contributed by atoms with van der Waals surface area (Å²) in [6.07, 6.45) is 9.39. The number of ether oxygens (including phenoxy) is 1. The highest BCUT2D eigenvalue weighted by atomic mass is 19.3. The third-order valence-electron chi connectivity index (χ3n) is 3.08. The molecule has 0 aliphatic rings. The van der Waals surface area contributed by atoms with E-state index < -0.39 is 12.6 Å². The molecule has 0 aliphatic carbocycles. The van der Waals surface area contributed by atoms with Gasteiger partial charge in [-0.05, 0) is 6.92 Å². The third kappa shape index (κ3) is 15.2. The first-order chi connectivity index (χ1) is 15.4. The standard InChI is InChI=1S/C12H18F2N6O2.C6H6.C2H6.C2H2/c1-2-17-10(16)7-6-19-9(5-8(7)15)20-12(21)18-3-4-22-11(13)14;1-2-4-6-5-3-1;2*1-2/h5-6,11H,2-4H2,1H3,(H2,16,17)(H4,15,18,19,20,21);1-6H;1-2H3;1-2H. The van der Waals surface area contributed by atoms with E-state index in [4.69, 9.17) is 11.5 Å². The monoisotopic (exact) mass is 450 g/mol. The molecular weight excluding hydrogens is 418 g/mol. The molecule has 2 rings (SSSR count). The number of nitrogen functional groups attached to an aromatic ring is 1. The van der Waals surface area contributed by atoms with Crippen LogP contribution in [-0.2, 0) is 4.74 Å². The molecule has 1 aromatic carbocycles. The number of amidine groups is 1. The molecule has 0 unspecified atom stereocenters. The number of carbonyl (C=O) groups is 1. The van der Waals surface area contributed by atoms with Crippen LogP contribution in [0.4, 0.5) is 25.1 Å². The zero-order valence-corrected chi connectivity index (χ0v) is 18.6. The van der Waals surface area contributed by atoms with Gasteiger partial charge >= 0.3 is 12.6 Å². The van der Waals surface area contributed by atoms with Crippen LogP contribution in [0.3, 0.4) is 0 Å². The number of alkyl halides is 2. The highest BCUT2D eigenvalue weighted by Crippen LogP contribution is 2.14. The Labute approximate surface area is 188 Å². The number of halogens is 2. The van der Waals surface area contributed by atoms with E-state index in [2.05, 4.69) is 38.2 Å². The molecule has 0 radical (unpaired) electrons. The van der Waals surface area contributed by atoms with Crippen molar-refractivity contribution in [1.29, 1.82) is 0 Å². The fourth-order valence-electron chi connectivity index (χ4n) is 1.87. The number of carbonyl (C=O) groups excluding carboxylic acids is 1. The van der Waals surface area contributed by atoms with Crippen LogP contribution in [0.2, 0.25) is 0 Å². The number of hydrogen-bond donors (Lipinski definition) is 4. The van der Waals surface area contributed by atoms with Crippen LogP contribution in [0.1, 0.15) is 26.3 Å². The summed E-state index contributed by atoms with van der Waals surface area (Å²) in [5.74, 6) is 0.450. The Balaban J connectivity index is 0. The minimum atomic E-state index is -2.87. The SMILES string of the molecule is C#C.CC.CCN=C(N)c1cnc(NC(=O)NCCOC(F)F)cc1N.c1ccccc1. The number of nitrogens with one attached hydrogen (secondary N) is 2. The Morgan fingerprint density at radius 1 is 1.19 bits per heavy atom. The van der Waals surface area contributed by atoms with Crippen molar-refractivity contribution in [3.8, 4) is 12.8 Å². The largest absolute Gasteiger partial charge is 0.398 e.